The molecule has 0 bridgehead atoms. The van der Waals surface area contributed by atoms with Crippen molar-refractivity contribution in [2.45, 2.75) is 108 Å². The molecule has 3 radical (unpaired) electrons. The van der Waals surface area contributed by atoms with Gasteiger partial charge in [-0.3, -0.25) is 14.4 Å². The van der Waals surface area contributed by atoms with Gasteiger partial charge in [-0.2, -0.15) is 0 Å². The molecule has 0 aromatic heterocycles. The summed E-state index contributed by atoms with van der Waals surface area (Å²) in [5.74, 6) is 4.42. The lowest BCUT2D eigenvalue weighted by molar-refractivity contribution is -0.149. The third-order valence-corrected chi connectivity index (χ3v) is 13.0. The van der Waals surface area contributed by atoms with Crippen molar-refractivity contribution < 1.29 is 52.8 Å². The molecular weight excluding hydrogens is 803 g/mol. The second-order valence-electron chi connectivity index (χ2n) is 17.8. The van der Waals surface area contributed by atoms with Gasteiger partial charge in [0.25, 0.3) is 22.2 Å². The van der Waals surface area contributed by atoms with Crippen molar-refractivity contribution >= 4 is 58.7 Å². The number of carboxylic acids is 1. The summed E-state index contributed by atoms with van der Waals surface area (Å²) >= 11 is 0. The van der Waals surface area contributed by atoms with Crippen LogP contribution in [0.15, 0.2) is 48.5 Å². The summed E-state index contributed by atoms with van der Waals surface area (Å²) in [7, 11) is 7.07. The summed E-state index contributed by atoms with van der Waals surface area (Å²) in [5, 5.41) is 17.8. The van der Waals surface area contributed by atoms with Gasteiger partial charge >= 0.3 is 17.9 Å². The zero-order valence-corrected chi connectivity index (χ0v) is 36.4. The molecule has 17 heteroatoms. The van der Waals surface area contributed by atoms with E-state index < -0.39 is 24.1 Å². The van der Waals surface area contributed by atoms with E-state index in [-0.39, 0.29) is 42.9 Å². The summed E-state index contributed by atoms with van der Waals surface area (Å²) in [6, 6.07) is 13.5. The van der Waals surface area contributed by atoms with E-state index in [2.05, 4.69) is 15.7 Å². The Morgan fingerprint density at radius 1 is 0.524 bits per heavy atom. The Hall–Kier alpha value is -4.47. The number of methoxy groups -OCH3 is 2. The molecule has 1 unspecified atom stereocenters. The fourth-order valence-electron chi connectivity index (χ4n) is 9.05. The van der Waals surface area contributed by atoms with Crippen LogP contribution in [-0.2, 0) is 51.5 Å². The van der Waals surface area contributed by atoms with Crippen LogP contribution in [0.2, 0.25) is 0 Å². The first kappa shape index (κ1) is 48.0. The molecule has 8 rings (SSSR count). The lowest BCUT2D eigenvalue weighted by atomic mass is 9.85. The molecule has 14 nitrogen and oxygen atoms in total. The van der Waals surface area contributed by atoms with Crippen LogP contribution in [0.25, 0.3) is 0 Å². The van der Waals surface area contributed by atoms with E-state index in [1.165, 1.54) is 73.6 Å². The monoisotopic (exact) mass is 864 g/mol. The molecule has 0 spiro atoms. The van der Waals surface area contributed by atoms with Gasteiger partial charge in [0.2, 0.25) is 0 Å². The van der Waals surface area contributed by atoms with E-state index >= 15 is 0 Å². The Morgan fingerprint density at radius 3 is 1.03 bits per heavy atom. The molecule has 6 fully saturated rings. The number of esters is 2. The molecule has 0 saturated heterocycles. The maximum absolute atomic E-state index is 12.6. The minimum Gasteiger partial charge on any atom is -0.497 e. The molecule has 63 heavy (non-hydrogen) atoms. The zero-order valence-electron chi connectivity index (χ0n) is 36.4. The molecular formula is C46H61B3N3O11. The number of nitrogens with one attached hydrogen (secondary N) is 3. The maximum atomic E-state index is 12.6. The Kier molecular flexibility index (Phi) is 18.3. The van der Waals surface area contributed by atoms with Crippen LogP contribution in [0.4, 0.5) is 0 Å². The standard InChI is InChI=1S/2C18H23BNO4.C10H15BNO3/c2*1-23-15-8-2-12(3-9-15)10-24-18(22)17(20-19-11-21)16(13-4-5-13)14-6-7-14;13-5-11-12-9(10(14)15)8(6-1-2-6)7-3-4-7/h2*2-3,8-9,11,13-14,16-17,20H,4-7,10H2,1H3;5-9,12H,1-4H2,(H,14,15)/t2*17-;/m10./s1. The smallest absolute Gasteiger partial charge is 0.322 e. The van der Waals surface area contributed by atoms with Crippen molar-refractivity contribution in [1.29, 1.82) is 0 Å². The predicted molar refractivity (Wildman–Crippen MR) is 238 cm³/mol. The summed E-state index contributed by atoms with van der Waals surface area (Å²) in [4.78, 5) is 67.9. The van der Waals surface area contributed by atoms with Crippen molar-refractivity contribution in [3.05, 3.63) is 59.7 Å². The fraction of sp³-hybridized carbons (Fsp3) is 0.609. The van der Waals surface area contributed by atoms with Crippen LogP contribution in [0.5, 0.6) is 11.5 Å². The predicted octanol–water partition coefficient (Wildman–Crippen LogP) is 4.16. The molecule has 3 atom stereocenters. The Balaban J connectivity index is 0.000000162. The van der Waals surface area contributed by atoms with Crippen molar-refractivity contribution in [2.75, 3.05) is 14.2 Å². The second-order valence-corrected chi connectivity index (χ2v) is 17.8. The van der Waals surface area contributed by atoms with Crippen LogP contribution in [0, 0.1) is 53.3 Å². The zero-order chi connectivity index (χ0) is 44.7. The number of carbonyl (C=O) groups excluding carboxylic acids is 5. The molecule has 2 aromatic rings. The number of carbonyl (C=O) groups is 6. The van der Waals surface area contributed by atoms with Crippen molar-refractivity contribution in [2.24, 2.45) is 53.3 Å². The molecule has 6 saturated carbocycles. The minimum atomic E-state index is -0.836. The molecule has 0 aliphatic heterocycles. The highest BCUT2D eigenvalue weighted by Crippen LogP contribution is 2.52. The second kappa shape index (κ2) is 24.0. The van der Waals surface area contributed by atoms with E-state index in [1.807, 2.05) is 48.5 Å². The van der Waals surface area contributed by atoms with Crippen molar-refractivity contribution in [3.8, 4) is 11.5 Å². The molecule has 6 aliphatic carbocycles. The molecule has 0 amide bonds. The van der Waals surface area contributed by atoms with Gasteiger partial charge < -0.3 is 54.1 Å². The number of hydrogen-bond donors (Lipinski definition) is 4. The number of carboxylic acid groups (broad SMARTS) is 1. The lowest BCUT2D eigenvalue weighted by Gasteiger charge is -2.26. The molecule has 0 heterocycles. The van der Waals surface area contributed by atoms with Gasteiger partial charge in [-0.25, -0.2) is 0 Å². The van der Waals surface area contributed by atoms with Gasteiger partial charge in [0.15, 0.2) is 0 Å². The summed E-state index contributed by atoms with van der Waals surface area (Å²) < 4.78 is 21.3. The number of benzene rings is 2. The highest BCUT2D eigenvalue weighted by atomic mass is 16.5. The Labute approximate surface area is 373 Å². The number of aliphatic carboxylic acids is 1. The molecule has 6 aliphatic rings. The van der Waals surface area contributed by atoms with Crippen LogP contribution in [-0.4, -0.2) is 96.2 Å². The largest absolute Gasteiger partial charge is 0.497 e. The first-order chi connectivity index (χ1) is 30.7. The van der Waals surface area contributed by atoms with Gasteiger partial charge in [0.1, 0.15) is 24.7 Å². The van der Waals surface area contributed by atoms with Crippen LogP contribution in [0.3, 0.4) is 0 Å². The van der Waals surface area contributed by atoms with Crippen LogP contribution in [0.1, 0.15) is 88.2 Å². The van der Waals surface area contributed by atoms with Gasteiger partial charge in [0.05, 0.1) is 50.9 Å². The van der Waals surface area contributed by atoms with Crippen LogP contribution >= 0.6 is 0 Å². The average molecular weight is 864 g/mol. The van der Waals surface area contributed by atoms with E-state index in [4.69, 9.17) is 24.1 Å². The van der Waals surface area contributed by atoms with Crippen molar-refractivity contribution in [1.82, 2.24) is 15.7 Å². The third kappa shape index (κ3) is 15.3. The van der Waals surface area contributed by atoms with Gasteiger partial charge in [0, 0.05) is 0 Å². The SMILES string of the molecule is COc1ccc(COC(=O)[C@@H](N[B]C=O)C(C2CC2)C2CC2)cc1.COc1ccc(COC(=O)[C@H](N[B]C=O)C(C2CC2)C2CC2)cc1.O=C[B]NC(C(=O)O)C(C1CC1)C1CC1. The maximum Gasteiger partial charge on any atom is 0.322 e. The quantitative estimate of drug-likeness (QED) is 0.0568. The minimum absolute atomic E-state index is 0.221. The Bertz CT molecular complexity index is 1660. The highest BCUT2D eigenvalue weighted by molar-refractivity contribution is 6.65. The first-order valence-corrected chi connectivity index (χ1v) is 22.6. The number of ether oxygens (including phenoxy) is 4. The van der Waals surface area contributed by atoms with Crippen molar-refractivity contribution in [3.63, 3.8) is 0 Å². The van der Waals surface area contributed by atoms with Gasteiger partial charge in [-0.15, -0.1) is 0 Å². The average Bonchev–Trinajstić information content (AvgIpc) is 4.10. The summed E-state index contributed by atoms with van der Waals surface area (Å²) in [6.07, 6.45) is 15.9. The van der Waals surface area contributed by atoms with E-state index in [9.17, 15) is 28.8 Å². The number of rotatable bonds is 27. The third-order valence-electron chi connectivity index (χ3n) is 13.0. The Morgan fingerprint density at radius 2 is 0.794 bits per heavy atom. The fourth-order valence-corrected chi connectivity index (χ4v) is 9.05. The summed E-state index contributed by atoms with van der Waals surface area (Å²) in [5.41, 5.74) is 1.83. The van der Waals surface area contributed by atoms with Gasteiger partial charge in [-0.05, 0) is 166 Å². The van der Waals surface area contributed by atoms with Gasteiger partial charge in [-0.1, -0.05) is 24.3 Å². The first-order valence-electron chi connectivity index (χ1n) is 22.6. The topological polar surface area (TPSA) is 196 Å². The van der Waals surface area contributed by atoms with E-state index in [0.29, 0.717) is 54.1 Å². The molecule has 2 aromatic carbocycles. The normalized spacial score (nSPS) is 19.1. The van der Waals surface area contributed by atoms with Crippen LogP contribution < -0.4 is 25.2 Å². The number of hydrogen-bond acceptors (Lipinski definition) is 13. The summed E-state index contributed by atoms with van der Waals surface area (Å²) in [6.45, 7) is 0.453. The molecule has 335 valence electrons. The highest BCUT2D eigenvalue weighted by Gasteiger charge is 2.50. The van der Waals surface area contributed by atoms with E-state index in [1.54, 1.807) is 14.2 Å². The lowest BCUT2D eigenvalue weighted by Crippen LogP contribution is -2.47. The van der Waals surface area contributed by atoms with E-state index in [0.717, 1.165) is 48.3 Å². The molecule has 4 N–H and O–H groups in total.